The SMILES string of the molecule is CO[Si](CCC1(CC(C)OCC2CO2)CCC2OC2C1)(OC)OC. The van der Waals surface area contributed by atoms with Gasteiger partial charge in [-0.05, 0) is 44.4 Å². The summed E-state index contributed by atoms with van der Waals surface area (Å²) in [5.41, 5.74) is 0.231. The maximum Gasteiger partial charge on any atom is 0.500 e. The minimum atomic E-state index is -2.54. The van der Waals surface area contributed by atoms with E-state index in [9.17, 15) is 0 Å². The van der Waals surface area contributed by atoms with Gasteiger partial charge < -0.3 is 27.5 Å². The highest BCUT2D eigenvalue weighted by Crippen LogP contribution is 2.52. The summed E-state index contributed by atoms with van der Waals surface area (Å²) in [6.45, 7) is 3.74. The van der Waals surface area contributed by atoms with Crippen molar-refractivity contribution in [3.63, 3.8) is 0 Å². The predicted octanol–water partition coefficient (Wildman–Crippen LogP) is 2.39. The van der Waals surface area contributed by atoms with Gasteiger partial charge in [0.05, 0.1) is 31.5 Å². The highest BCUT2D eigenvalue weighted by atomic mass is 28.4. The molecule has 2 heterocycles. The van der Waals surface area contributed by atoms with Gasteiger partial charge in [0.1, 0.15) is 6.10 Å². The average molecular weight is 361 g/mol. The molecule has 6 nitrogen and oxygen atoms in total. The van der Waals surface area contributed by atoms with Crippen LogP contribution in [0.25, 0.3) is 0 Å². The first-order valence-electron chi connectivity index (χ1n) is 9.08. The Bertz CT molecular complexity index is 406. The maximum atomic E-state index is 6.01. The lowest BCUT2D eigenvalue weighted by Crippen LogP contribution is -2.44. The van der Waals surface area contributed by atoms with E-state index in [-0.39, 0.29) is 11.5 Å². The second-order valence-electron chi connectivity index (χ2n) is 7.55. The van der Waals surface area contributed by atoms with Crippen LogP contribution in [0.4, 0.5) is 0 Å². The molecule has 0 aromatic rings. The Labute approximate surface area is 146 Å². The molecule has 1 saturated carbocycles. The summed E-state index contributed by atoms with van der Waals surface area (Å²) in [7, 11) is 2.53. The summed E-state index contributed by atoms with van der Waals surface area (Å²) in [6.07, 6.45) is 7.05. The van der Waals surface area contributed by atoms with Crippen molar-refractivity contribution in [3.05, 3.63) is 0 Å². The van der Waals surface area contributed by atoms with Crippen LogP contribution < -0.4 is 0 Å². The Balaban J connectivity index is 1.58. The molecule has 7 heteroatoms. The number of hydrogen-bond acceptors (Lipinski definition) is 6. The van der Waals surface area contributed by atoms with Gasteiger partial charge in [0.2, 0.25) is 0 Å². The molecule has 1 aliphatic carbocycles. The van der Waals surface area contributed by atoms with Crippen LogP contribution in [0.1, 0.15) is 39.0 Å². The predicted molar refractivity (Wildman–Crippen MR) is 90.9 cm³/mol. The molecule has 0 aromatic carbocycles. The van der Waals surface area contributed by atoms with Crippen molar-refractivity contribution >= 4 is 8.80 Å². The van der Waals surface area contributed by atoms with Gasteiger partial charge in [0, 0.05) is 27.4 Å². The van der Waals surface area contributed by atoms with Gasteiger partial charge in [0.15, 0.2) is 0 Å². The number of ether oxygens (including phenoxy) is 3. The van der Waals surface area contributed by atoms with E-state index in [1.165, 1.54) is 6.42 Å². The molecule has 24 heavy (non-hydrogen) atoms. The van der Waals surface area contributed by atoms with E-state index in [2.05, 4.69) is 6.92 Å². The molecule has 2 saturated heterocycles. The summed E-state index contributed by atoms with van der Waals surface area (Å²) in [5.74, 6) is 0. The summed E-state index contributed by atoms with van der Waals surface area (Å²) < 4.78 is 33.9. The lowest BCUT2D eigenvalue weighted by Gasteiger charge is -2.39. The molecule has 0 amide bonds. The number of hydrogen-bond donors (Lipinski definition) is 0. The Morgan fingerprint density at radius 2 is 1.88 bits per heavy atom. The Hall–Kier alpha value is -0.0231. The fraction of sp³-hybridized carbons (Fsp3) is 1.00. The zero-order chi connectivity index (χ0) is 17.2. The van der Waals surface area contributed by atoms with Crippen molar-refractivity contribution < 1.29 is 27.5 Å². The van der Waals surface area contributed by atoms with Crippen LogP contribution in [0.5, 0.6) is 0 Å². The first-order chi connectivity index (χ1) is 11.5. The molecule has 3 rings (SSSR count). The molecule has 0 spiro atoms. The van der Waals surface area contributed by atoms with Crippen LogP contribution in [0.3, 0.4) is 0 Å². The molecule has 5 atom stereocenters. The molecule has 3 fully saturated rings. The smallest absolute Gasteiger partial charge is 0.377 e. The van der Waals surface area contributed by atoms with Crippen LogP contribution in [0.15, 0.2) is 0 Å². The topological polar surface area (TPSA) is 62.0 Å². The summed E-state index contributed by atoms with van der Waals surface area (Å²) >= 11 is 0. The molecule has 3 aliphatic rings. The average Bonchev–Trinajstić information content (AvgIpc) is 3.49. The van der Waals surface area contributed by atoms with Gasteiger partial charge >= 0.3 is 8.80 Å². The minimum Gasteiger partial charge on any atom is -0.377 e. The van der Waals surface area contributed by atoms with Crippen molar-refractivity contribution in [2.75, 3.05) is 34.5 Å². The summed E-state index contributed by atoms with van der Waals surface area (Å²) in [4.78, 5) is 0. The second kappa shape index (κ2) is 7.69. The van der Waals surface area contributed by atoms with E-state index in [1.807, 2.05) is 0 Å². The van der Waals surface area contributed by atoms with Crippen LogP contribution >= 0.6 is 0 Å². The first kappa shape index (κ1) is 18.8. The Morgan fingerprint density at radius 3 is 2.46 bits per heavy atom. The van der Waals surface area contributed by atoms with Crippen molar-refractivity contribution in [1.82, 2.24) is 0 Å². The van der Waals surface area contributed by atoms with Crippen LogP contribution in [0, 0.1) is 5.41 Å². The van der Waals surface area contributed by atoms with Crippen molar-refractivity contribution in [2.45, 2.75) is 69.5 Å². The van der Waals surface area contributed by atoms with Crippen LogP contribution in [-0.4, -0.2) is 67.8 Å². The fourth-order valence-corrected chi connectivity index (χ4v) is 6.13. The first-order valence-corrected chi connectivity index (χ1v) is 11.0. The normalized spacial score (nSPS) is 36.2. The Kier molecular flexibility index (Phi) is 6.01. The zero-order valence-electron chi connectivity index (χ0n) is 15.4. The summed E-state index contributed by atoms with van der Waals surface area (Å²) in [5, 5.41) is 0. The molecule has 140 valence electrons. The van der Waals surface area contributed by atoms with Gasteiger partial charge in [-0.25, -0.2) is 0 Å². The van der Waals surface area contributed by atoms with E-state index in [0.29, 0.717) is 24.9 Å². The van der Waals surface area contributed by atoms with Crippen molar-refractivity contribution in [2.24, 2.45) is 5.41 Å². The number of fused-ring (bicyclic) bond motifs is 1. The van der Waals surface area contributed by atoms with E-state index < -0.39 is 8.80 Å². The molecular formula is C17H32O6Si. The van der Waals surface area contributed by atoms with Crippen molar-refractivity contribution in [1.29, 1.82) is 0 Å². The third-order valence-electron chi connectivity index (χ3n) is 5.87. The quantitative estimate of drug-likeness (QED) is 0.416. The molecule has 0 bridgehead atoms. The summed E-state index contributed by atoms with van der Waals surface area (Å²) in [6, 6.07) is 0.840. The highest BCUT2D eigenvalue weighted by molar-refractivity contribution is 6.60. The van der Waals surface area contributed by atoms with Gasteiger partial charge in [0.25, 0.3) is 0 Å². The maximum absolute atomic E-state index is 6.01. The van der Waals surface area contributed by atoms with Crippen LogP contribution in [0.2, 0.25) is 6.04 Å². The minimum absolute atomic E-state index is 0.230. The lowest BCUT2D eigenvalue weighted by atomic mass is 9.69. The van der Waals surface area contributed by atoms with E-state index in [4.69, 9.17) is 27.5 Å². The molecule has 2 aliphatic heterocycles. The van der Waals surface area contributed by atoms with E-state index in [0.717, 1.165) is 38.3 Å². The highest BCUT2D eigenvalue weighted by Gasteiger charge is 2.52. The van der Waals surface area contributed by atoms with Crippen molar-refractivity contribution in [3.8, 4) is 0 Å². The second-order valence-corrected chi connectivity index (χ2v) is 10.6. The van der Waals surface area contributed by atoms with Crippen LogP contribution in [-0.2, 0) is 27.5 Å². The monoisotopic (exact) mass is 360 g/mol. The van der Waals surface area contributed by atoms with Gasteiger partial charge in [-0.1, -0.05) is 0 Å². The molecule has 0 aromatic heterocycles. The Morgan fingerprint density at radius 1 is 1.17 bits per heavy atom. The number of epoxide rings is 2. The molecule has 5 unspecified atom stereocenters. The number of rotatable bonds is 11. The van der Waals surface area contributed by atoms with E-state index in [1.54, 1.807) is 21.3 Å². The standard InChI is InChI=1S/C17H32O6Si/c1-13(21-11-14-12-22-14)9-17(6-5-15-16(10-17)23-15)7-8-24(18-2,19-3)20-4/h13-16H,5-12H2,1-4H3. The van der Waals surface area contributed by atoms with Gasteiger partial charge in [-0.15, -0.1) is 0 Å². The third kappa shape index (κ3) is 4.57. The largest absolute Gasteiger partial charge is 0.500 e. The molecule has 0 N–H and O–H groups in total. The van der Waals surface area contributed by atoms with Gasteiger partial charge in [-0.2, -0.15) is 0 Å². The third-order valence-corrected chi connectivity index (χ3v) is 8.59. The molecular weight excluding hydrogens is 328 g/mol. The fourth-order valence-electron chi connectivity index (χ4n) is 4.18. The van der Waals surface area contributed by atoms with Gasteiger partial charge in [-0.3, -0.25) is 0 Å². The molecule has 0 radical (unpaired) electrons. The lowest BCUT2D eigenvalue weighted by molar-refractivity contribution is 0.00672. The zero-order valence-corrected chi connectivity index (χ0v) is 16.4. The van der Waals surface area contributed by atoms with E-state index >= 15 is 0 Å².